The Kier molecular flexibility index (Phi) is 16.3. The van der Waals surface area contributed by atoms with E-state index in [0.29, 0.717) is 17.9 Å². The van der Waals surface area contributed by atoms with Gasteiger partial charge in [0.1, 0.15) is 12.3 Å². The molecule has 4 N–H and O–H groups in total. The largest absolute Gasteiger partial charge is 0.391 e. The second-order valence-corrected chi connectivity index (χ2v) is 15.0. The third kappa shape index (κ3) is 10.8. The molecule has 0 spiro atoms. The molecular formula is C35H64N6O3Zn. The predicted molar refractivity (Wildman–Crippen MR) is 175 cm³/mol. The molecule has 2 heterocycles. The number of nitrogens with one attached hydrogen (secondary N) is 2. The van der Waals surface area contributed by atoms with Gasteiger partial charge in [-0.2, -0.15) is 20.5 Å². The van der Waals surface area contributed by atoms with E-state index in [9.17, 15) is 10.2 Å². The number of fused-ring (bicyclic) bond motifs is 2. The van der Waals surface area contributed by atoms with E-state index in [0.717, 1.165) is 69.9 Å². The van der Waals surface area contributed by atoms with E-state index in [4.69, 9.17) is 4.74 Å². The molecule has 2 saturated heterocycles. The quantitative estimate of drug-likeness (QED) is 0.126. The Morgan fingerprint density at radius 3 is 1.91 bits per heavy atom. The van der Waals surface area contributed by atoms with Gasteiger partial charge in [-0.15, -0.1) is 0 Å². The molecule has 12 atom stereocenters. The molecule has 4 saturated carbocycles. The minimum atomic E-state index is -0.309. The second kappa shape index (κ2) is 19.6. The van der Waals surface area contributed by atoms with Crippen LogP contribution >= 0.6 is 0 Å². The number of piperidine rings is 2. The number of nitrogens with zero attached hydrogens (tertiary/aromatic N) is 4. The molecule has 10 heteroatoms. The smallest absolute Gasteiger partial charge is 0.147 e. The van der Waals surface area contributed by atoms with Gasteiger partial charge in [-0.3, -0.25) is 10.6 Å². The Balaban J connectivity index is 0.000000203. The van der Waals surface area contributed by atoms with Crippen LogP contribution in [0.5, 0.6) is 0 Å². The van der Waals surface area contributed by atoms with Crippen LogP contribution in [0.4, 0.5) is 0 Å². The first-order valence-electron chi connectivity index (χ1n) is 18.8. The molecular weight excluding hydrogens is 618 g/mol. The Morgan fingerprint density at radius 2 is 1.29 bits per heavy atom. The maximum atomic E-state index is 10.5. The van der Waals surface area contributed by atoms with Crippen LogP contribution in [0.15, 0.2) is 20.5 Å². The predicted octanol–water partition coefficient (Wildman–Crippen LogP) is 6.92. The third-order valence-electron chi connectivity index (χ3n) is 11.7. The molecule has 12 unspecified atom stereocenters. The second-order valence-electron chi connectivity index (χ2n) is 15.0. The Bertz CT molecular complexity index is 897. The van der Waals surface area contributed by atoms with E-state index >= 15 is 0 Å². The average molecular weight is 682 g/mol. The van der Waals surface area contributed by atoms with Gasteiger partial charge in [0.15, 0.2) is 0 Å². The van der Waals surface area contributed by atoms with Gasteiger partial charge in [-0.25, -0.2) is 0 Å². The van der Waals surface area contributed by atoms with E-state index in [1.54, 1.807) is 0 Å². The third-order valence-corrected chi connectivity index (χ3v) is 11.7. The van der Waals surface area contributed by atoms with Crippen LogP contribution in [0.25, 0.3) is 0 Å². The normalized spacial score (nSPS) is 42.2. The summed E-state index contributed by atoms with van der Waals surface area (Å²) in [5.41, 5.74) is 0. The van der Waals surface area contributed by atoms with Crippen molar-refractivity contribution in [2.75, 3.05) is 13.2 Å². The minimum Gasteiger partial charge on any atom is -0.391 e. The van der Waals surface area contributed by atoms with Crippen molar-refractivity contribution in [2.24, 2.45) is 44.1 Å². The molecule has 0 aromatic heterocycles. The standard InChI is InChI=1S/C19H35N3O2.C16H29N3O.Zn/c1-2-3-13-24-17-9-6-12-20-19(17)22-21-18-15-8-5-4-7-14(15)10-11-16(18)23;1-11-5-4-8-15(17-11)18-19-16-13-7-3-2-6-12(13)9-10-14(16)20;/h14-20,23H,2-13H2,1H3;11-17,20H,2-10H2,1H3;. The van der Waals surface area contributed by atoms with Crippen molar-refractivity contribution in [3.8, 4) is 0 Å². The van der Waals surface area contributed by atoms with Crippen LogP contribution in [0.3, 0.4) is 0 Å². The summed E-state index contributed by atoms with van der Waals surface area (Å²) in [5.74, 6) is 2.66. The molecule has 0 bridgehead atoms. The topological polar surface area (TPSA) is 123 Å². The Labute approximate surface area is 286 Å². The van der Waals surface area contributed by atoms with E-state index in [1.165, 1.54) is 77.0 Å². The monoisotopic (exact) mass is 680 g/mol. The summed E-state index contributed by atoms with van der Waals surface area (Å²) in [5, 5.41) is 46.2. The van der Waals surface area contributed by atoms with Crippen molar-refractivity contribution in [1.82, 2.24) is 10.6 Å². The number of hydrogen-bond acceptors (Lipinski definition) is 9. The number of azo groups is 2. The first-order chi connectivity index (χ1) is 21.5. The number of hydrogen-bond donors (Lipinski definition) is 4. The van der Waals surface area contributed by atoms with Gasteiger partial charge < -0.3 is 14.9 Å². The fraction of sp³-hybridized carbons (Fsp3) is 1.00. The molecule has 6 aliphatic rings. The van der Waals surface area contributed by atoms with Gasteiger partial charge in [-0.1, -0.05) is 51.9 Å². The van der Waals surface area contributed by atoms with Gasteiger partial charge in [0.05, 0.1) is 30.4 Å². The van der Waals surface area contributed by atoms with Gasteiger partial charge in [0, 0.05) is 32.1 Å². The van der Waals surface area contributed by atoms with Crippen LogP contribution in [-0.4, -0.2) is 72.1 Å². The fourth-order valence-corrected chi connectivity index (χ4v) is 9.12. The maximum absolute atomic E-state index is 10.5. The number of unbranched alkanes of at least 4 members (excludes halogenated alkanes) is 1. The summed E-state index contributed by atoms with van der Waals surface area (Å²) >= 11 is 0. The van der Waals surface area contributed by atoms with Crippen LogP contribution in [0.1, 0.15) is 136 Å². The molecule has 0 aromatic carbocycles. The zero-order chi connectivity index (χ0) is 30.7. The fourth-order valence-electron chi connectivity index (χ4n) is 9.12. The van der Waals surface area contributed by atoms with E-state index in [2.05, 4.69) is 44.9 Å². The molecule has 2 aliphatic heterocycles. The van der Waals surface area contributed by atoms with Crippen molar-refractivity contribution < 1.29 is 34.4 Å². The molecule has 0 radical (unpaired) electrons. The van der Waals surface area contributed by atoms with Gasteiger partial charge in [0.2, 0.25) is 0 Å². The average Bonchev–Trinajstić information content (AvgIpc) is 3.05. The van der Waals surface area contributed by atoms with Crippen LogP contribution < -0.4 is 10.6 Å². The SMILES string of the molecule is CC1CCCC(N=NC2C(O)CCC3CCCCC32)N1.CCCCOC1CCCNC1N=NC1C(O)CCC2CCCCC21.[Zn]. The molecule has 254 valence electrons. The number of aliphatic hydroxyl groups excluding tert-OH is 2. The number of ether oxygens (including phenoxy) is 1. The molecule has 9 nitrogen and oxygen atoms in total. The van der Waals surface area contributed by atoms with Crippen LogP contribution in [0, 0.1) is 23.7 Å². The molecule has 4 aliphatic carbocycles. The van der Waals surface area contributed by atoms with E-state index in [-0.39, 0.29) is 62.2 Å². The molecule has 0 aromatic rings. The molecule has 45 heavy (non-hydrogen) atoms. The zero-order valence-corrected chi connectivity index (χ0v) is 31.5. The van der Waals surface area contributed by atoms with Crippen molar-refractivity contribution in [3.63, 3.8) is 0 Å². The number of aliphatic hydroxyl groups is 2. The van der Waals surface area contributed by atoms with Crippen molar-refractivity contribution in [2.45, 2.75) is 185 Å². The Morgan fingerprint density at radius 1 is 0.667 bits per heavy atom. The first kappa shape index (κ1) is 37.4. The number of rotatable bonds is 8. The molecule has 6 rings (SSSR count). The molecule has 0 amide bonds. The van der Waals surface area contributed by atoms with Crippen molar-refractivity contribution in [3.05, 3.63) is 0 Å². The summed E-state index contributed by atoms with van der Waals surface area (Å²) in [6.45, 7) is 6.20. The van der Waals surface area contributed by atoms with E-state index in [1.807, 2.05) is 0 Å². The van der Waals surface area contributed by atoms with Gasteiger partial charge >= 0.3 is 0 Å². The van der Waals surface area contributed by atoms with Crippen LogP contribution in [0.2, 0.25) is 0 Å². The minimum absolute atomic E-state index is 0. The summed E-state index contributed by atoms with van der Waals surface area (Å²) < 4.78 is 6.03. The van der Waals surface area contributed by atoms with E-state index < -0.39 is 0 Å². The molecule has 6 fully saturated rings. The maximum Gasteiger partial charge on any atom is 0.147 e. The van der Waals surface area contributed by atoms with Crippen LogP contribution in [-0.2, 0) is 24.2 Å². The summed E-state index contributed by atoms with van der Waals surface area (Å²) in [7, 11) is 0. The van der Waals surface area contributed by atoms with Crippen molar-refractivity contribution >= 4 is 0 Å². The summed E-state index contributed by atoms with van der Waals surface area (Å²) in [6, 6.07) is 0.614. The summed E-state index contributed by atoms with van der Waals surface area (Å²) in [4.78, 5) is 0. The first-order valence-corrected chi connectivity index (χ1v) is 18.8. The van der Waals surface area contributed by atoms with Gasteiger partial charge in [-0.05, 0) is 114 Å². The van der Waals surface area contributed by atoms with Crippen molar-refractivity contribution in [1.29, 1.82) is 0 Å². The summed E-state index contributed by atoms with van der Waals surface area (Å²) in [6.07, 6.45) is 22.3. The zero-order valence-electron chi connectivity index (χ0n) is 28.6. The van der Waals surface area contributed by atoms with Gasteiger partial charge in [0.25, 0.3) is 0 Å². The Hall–Kier alpha value is -0.377.